The first kappa shape index (κ1) is 22.8. The van der Waals surface area contributed by atoms with Crippen LogP contribution in [0.15, 0.2) is 24.3 Å². The van der Waals surface area contributed by atoms with Gasteiger partial charge in [0.1, 0.15) is 5.75 Å². The van der Waals surface area contributed by atoms with Crippen molar-refractivity contribution < 1.29 is 22.7 Å². The number of hydrogen-bond acceptors (Lipinski definition) is 2. The van der Waals surface area contributed by atoms with Crippen molar-refractivity contribution in [3.05, 3.63) is 29.8 Å². The van der Waals surface area contributed by atoms with Gasteiger partial charge in [-0.3, -0.25) is 4.79 Å². The summed E-state index contributed by atoms with van der Waals surface area (Å²) in [5.41, 5.74) is -0.741. The highest BCUT2D eigenvalue weighted by Crippen LogP contribution is 2.34. The number of halogens is 3. The van der Waals surface area contributed by atoms with E-state index in [1.807, 2.05) is 0 Å². The maximum Gasteiger partial charge on any atom is 0.416 e. The van der Waals surface area contributed by atoms with E-state index in [0.29, 0.717) is 12.3 Å². The van der Waals surface area contributed by atoms with Crippen LogP contribution in [0.25, 0.3) is 0 Å². The fourth-order valence-electron chi connectivity index (χ4n) is 4.06. The number of benzene rings is 1. The topological polar surface area (TPSA) is 26.3 Å². The normalized spacial score (nSPS) is 20.1. The van der Waals surface area contributed by atoms with Crippen LogP contribution < -0.4 is 4.74 Å². The van der Waals surface area contributed by atoms with Crippen LogP contribution in [0.4, 0.5) is 13.2 Å². The standard InChI is InChI=1S/C23H33F3O2/c1-2-3-4-5-6-7-18-8-10-19(11-9-18)12-17-22(27)28-21-15-13-20(14-16-21)23(24,25)26/h13-16,18-19H,2-12,17H2,1H3. The van der Waals surface area contributed by atoms with Gasteiger partial charge in [0.05, 0.1) is 5.56 Å². The number of ether oxygens (including phenoxy) is 1. The van der Waals surface area contributed by atoms with E-state index in [9.17, 15) is 18.0 Å². The predicted octanol–water partition coefficient (Wildman–Crippen LogP) is 7.56. The molecule has 0 N–H and O–H groups in total. The second-order valence-electron chi connectivity index (χ2n) is 8.12. The molecule has 1 fully saturated rings. The van der Waals surface area contributed by atoms with Crippen LogP contribution >= 0.6 is 0 Å². The van der Waals surface area contributed by atoms with Gasteiger partial charge in [-0.25, -0.2) is 0 Å². The number of alkyl halides is 3. The van der Waals surface area contributed by atoms with Crippen molar-refractivity contribution >= 4 is 5.97 Å². The summed E-state index contributed by atoms with van der Waals surface area (Å²) in [6.45, 7) is 2.24. The second kappa shape index (κ2) is 11.5. The van der Waals surface area contributed by atoms with Crippen molar-refractivity contribution in [2.24, 2.45) is 11.8 Å². The van der Waals surface area contributed by atoms with Gasteiger partial charge < -0.3 is 4.74 Å². The fraction of sp³-hybridized carbons (Fsp3) is 0.696. The molecule has 0 saturated heterocycles. The quantitative estimate of drug-likeness (QED) is 0.231. The Morgan fingerprint density at radius 1 is 0.929 bits per heavy atom. The van der Waals surface area contributed by atoms with E-state index in [2.05, 4.69) is 6.92 Å². The molecule has 0 atom stereocenters. The molecule has 0 radical (unpaired) electrons. The summed E-state index contributed by atoms with van der Waals surface area (Å²) in [5.74, 6) is 1.22. The number of esters is 1. The lowest BCUT2D eigenvalue weighted by Gasteiger charge is -2.28. The van der Waals surface area contributed by atoms with Crippen molar-refractivity contribution in [3.63, 3.8) is 0 Å². The molecule has 0 unspecified atom stereocenters. The highest BCUT2D eigenvalue weighted by atomic mass is 19.4. The Kier molecular flexibility index (Phi) is 9.33. The summed E-state index contributed by atoms with van der Waals surface area (Å²) in [4.78, 5) is 12.0. The van der Waals surface area contributed by atoms with Gasteiger partial charge in [-0.05, 0) is 42.5 Å². The Bertz CT molecular complexity index is 573. The zero-order chi connectivity index (χ0) is 20.4. The Morgan fingerprint density at radius 2 is 1.50 bits per heavy atom. The Balaban J connectivity index is 1.61. The Labute approximate surface area is 166 Å². The van der Waals surface area contributed by atoms with E-state index in [0.717, 1.165) is 24.5 Å². The molecule has 0 spiro atoms. The molecule has 2 nitrogen and oxygen atoms in total. The first-order valence-corrected chi connectivity index (χ1v) is 10.8. The van der Waals surface area contributed by atoms with Crippen LogP contribution in [0.1, 0.15) is 89.5 Å². The molecule has 1 aliphatic rings. The minimum atomic E-state index is -4.38. The van der Waals surface area contributed by atoms with Crippen molar-refractivity contribution in [1.82, 2.24) is 0 Å². The van der Waals surface area contributed by atoms with Gasteiger partial charge in [0, 0.05) is 6.42 Å². The molecule has 1 saturated carbocycles. The van der Waals surface area contributed by atoms with E-state index in [1.54, 1.807) is 0 Å². The van der Waals surface area contributed by atoms with Gasteiger partial charge >= 0.3 is 12.1 Å². The second-order valence-corrected chi connectivity index (χ2v) is 8.12. The summed E-state index contributed by atoms with van der Waals surface area (Å²) in [7, 11) is 0. The van der Waals surface area contributed by atoms with Crippen molar-refractivity contribution in [1.29, 1.82) is 0 Å². The van der Waals surface area contributed by atoms with Crippen molar-refractivity contribution in [3.8, 4) is 5.75 Å². The minimum Gasteiger partial charge on any atom is -0.427 e. The molecule has 0 heterocycles. The average Bonchev–Trinajstić information content (AvgIpc) is 2.67. The molecule has 28 heavy (non-hydrogen) atoms. The van der Waals surface area contributed by atoms with Crippen LogP contribution in [0, 0.1) is 11.8 Å². The van der Waals surface area contributed by atoms with Gasteiger partial charge in [0.25, 0.3) is 0 Å². The van der Waals surface area contributed by atoms with E-state index >= 15 is 0 Å². The molecule has 2 rings (SSSR count). The molecule has 158 valence electrons. The smallest absolute Gasteiger partial charge is 0.416 e. The van der Waals surface area contributed by atoms with Gasteiger partial charge in [0.2, 0.25) is 0 Å². The highest BCUT2D eigenvalue weighted by molar-refractivity contribution is 5.72. The van der Waals surface area contributed by atoms with Gasteiger partial charge in [0.15, 0.2) is 0 Å². The Hall–Kier alpha value is -1.52. The maximum absolute atomic E-state index is 12.5. The highest BCUT2D eigenvalue weighted by Gasteiger charge is 2.30. The lowest BCUT2D eigenvalue weighted by molar-refractivity contribution is -0.137. The van der Waals surface area contributed by atoms with Crippen LogP contribution in [-0.4, -0.2) is 5.97 Å². The molecular formula is C23H33F3O2. The fourth-order valence-corrected chi connectivity index (χ4v) is 4.06. The van der Waals surface area contributed by atoms with Crippen LogP contribution in [0.3, 0.4) is 0 Å². The molecule has 0 aliphatic heterocycles. The summed E-state index contributed by atoms with van der Waals surface area (Å²) in [6, 6.07) is 4.27. The molecule has 1 aromatic rings. The Morgan fingerprint density at radius 3 is 2.07 bits per heavy atom. The molecule has 0 amide bonds. The zero-order valence-corrected chi connectivity index (χ0v) is 16.9. The van der Waals surface area contributed by atoms with E-state index in [4.69, 9.17) is 4.74 Å². The number of rotatable bonds is 10. The molecular weight excluding hydrogens is 365 g/mol. The van der Waals surface area contributed by atoms with E-state index in [1.165, 1.54) is 76.3 Å². The minimum absolute atomic E-state index is 0.171. The molecule has 5 heteroatoms. The van der Waals surface area contributed by atoms with Crippen molar-refractivity contribution in [2.75, 3.05) is 0 Å². The molecule has 1 aliphatic carbocycles. The largest absolute Gasteiger partial charge is 0.427 e. The molecule has 1 aromatic carbocycles. The molecule has 0 bridgehead atoms. The number of carbonyl (C=O) groups excluding carboxylic acids is 1. The van der Waals surface area contributed by atoms with Gasteiger partial charge in [-0.2, -0.15) is 13.2 Å². The summed E-state index contributed by atoms with van der Waals surface area (Å²) in [6.07, 6.45) is 9.63. The van der Waals surface area contributed by atoms with Crippen LogP contribution in [-0.2, 0) is 11.0 Å². The predicted molar refractivity (Wildman–Crippen MR) is 105 cm³/mol. The average molecular weight is 399 g/mol. The third-order valence-corrected chi connectivity index (χ3v) is 5.85. The number of carbonyl (C=O) groups is 1. The lowest BCUT2D eigenvalue weighted by atomic mass is 9.78. The maximum atomic E-state index is 12.5. The van der Waals surface area contributed by atoms with E-state index in [-0.39, 0.29) is 11.7 Å². The first-order valence-electron chi connectivity index (χ1n) is 10.8. The number of unbranched alkanes of at least 4 members (excludes halogenated alkanes) is 4. The SMILES string of the molecule is CCCCCCCC1CCC(CCC(=O)Oc2ccc(C(F)(F)F)cc2)CC1. The van der Waals surface area contributed by atoms with Gasteiger partial charge in [-0.15, -0.1) is 0 Å². The van der Waals surface area contributed by atoms with Crippen LogP contribution in [0.5, 0.6) is 5.75 Å². The van der Waals surface area contributed by atoms with Gasteiger partial charge in [-0.1, -0.05) is 71.1 Å². The summed E-state index contributed by atoms with van der Waals surface area (Å²) >= 11 is 0. The third-order valence-electron chi connectivity index (χ3n) is 5.85. The lowest BCUT2D eigenvalue weighted by Crippen LogP contribution is -2.17. The monoisotopic (exact) mass is 398 g/mol. The van der Waals surface area contributed by atoms with Crippen molar-refractivity contribution in [2.45, 2.75) is 90.1 Å². The van der Waals surface area contributed by atoms with Crippen LogP contribution in [0.2, 0.25) is 0 Å². The third kappa shape index (κ3) is 8.24. The zero-order valence-electron chi connectivity index (χ0n) is 16.9. The number of hydrogen-bond donors (Lipinski definition) is 0. The summed E-state index contributed by atoms with van der Waals surface area (Å²) < 4.78 is 42.8. The van der Waals surface area contributed by atoms with E-state index < -0.39 is 11.7 Å². The molecule has 0 aromatic heterocycles. The first-order chi connectivity index (χ1) is 13.4. The summed E-state index contributed by atoms with van der Waals surface area (Å²) in [5, 5.41) is 0.